The van der Waals surface area contributed by atoms with Crippen LogP contribution in [0, 0.1) is 39.8 Å². The van der Waals surface area contributed by atoms with Crippen molar-refractivity contribution in [2.24, 2.45) is 0 Å². The van der Waals surface area contributed by atoms with Crippen LogP contribution in [-0.2, 0) is 20.1 Å². The predicted molar refractivity (Wildman–Crippen MR) is 243 cm³/mol. The molecule has 0 amide bonds. The van der Waals surface area contributed by atoms with Crippen LogP contribution in [0.5, 0.6) is 0 Å². The molecule has 7 aromatic carbocycles. The minimum Gasteiger partial charge on any atom is -0.304 e. The predicted octanol–water partition coefficient (Wildman–Crippen LogP) is 14.7. The van der Waals surface area contributed by atoms with Crippen LogP contribution in [-0.4, -0.2) is 9.97 Å². The molecule has 2 aromatic heterocycles. The van der Waals surface area contributed by atoms with Gasteiger partial charge in [0.2, 0.25) is 0 Å². The SMILES string of the molecule is Cc1cccc(C)c1-c1ccc(-c2[c-]ccc(-c3cccc(-c4cccc(-c5ccccc5)c4)c3)c2)nc1.Cc1cccc(C)c1-c1ccc(-c2[c-]cccc2)nc1.[Ir]. The second-order valence-electron chi connectivity index (χ2n) is 14.7. The van der Waals surface area contributed by atoms with Crippen molar-refractivity contribution in [3.05, 3.63) is 229 Å². The van der Waals surface area contributed by atoms with E-state index in [1.54, 1.807) is 0 Å². The van der Waals surface area contributed by atoms with Gasteiger partial charge < -0.3 is 9.97 Å². The van der Waals surface area contributed by atoms with Gasteiger partial charge in [0.15, 0.2) is 0 Å². The third kappa shape index (κ3) is 9.45. The van der Waals surface area contributed by atoms with Crippen LogP contribution < -0.4 is 0 Å². The molecule has 289 valence electrons. The van der Waals surface area contributed by atoms with E-state index in [-0.39, 0.29) is 20.1 Å². The zero-order valence-electron chi connectivity index (χ0n) is 33.7. The first kappa shape index (κ1) is 40.7. The normalized spacial score (nSPS) is 10.6. The Morgan fingerprint density at radius 1 is 0.322 bits per heavy atom. The molecule has 9 aromatic rings. The Kier molecular flexibility index (Phi) is 13.0. The summed E-state index contributed by atoms with van der Waals surface area (Å²) < 4.78 is 0. The van der Waals surface area contributed by atoms with Crippen LogP contribution in [0.15, 0.2) is 194 Å². The Hall–Kier alpha value is -6.51. The van der Waals surface area contributed by atoms with Crippen molar-refractivity contribution in [1.29, 1.82) is 0 Å². The van der Waals surface area contributed by atoms with E-state index in [1.807, 2.05) is 42.7 Å². The number of nitrogens with zero attached hydrogens (tertiary/aromatic N) is 2. The largest absolute Gasteiger partial charge is 0.304 e. The molecule has 2 heterocycles. The molecule has 0 unspecified atom stereocenters. The van der Waals surface area contributed by atoms with Crippen molar-refractivity contribution in [2.45, 2.75) is 27.7 Å². The van der Waals surface area contributed by atoms with Gasteiger partial charge in [0.05, 0.1) is 0 Å². The fourth-order valence-electron chi connectivity index (χ4n) is 7.68. The Morgan fingerprint density at radius 2 is 0.746 bits per heavy atom. The molecular formula is C56H44IrN2-2. The van der Waals surface area contributed by atoms with E-state index in [0.29, 0.717) is 0 Å². The van der Waals surface area contributed by atoms with Crippen molar-refractivity contribution >= 4 is 0 Å². The van der Waals surface area contributed by atoms with Gasteiger partial charge in [-0.2, -0.15) is 0 Å². The van der Waals surface area contributed by atoms with E-state index in [4.69, 9.17) is 4.98 Å². The van der Waals surface area contributed by atoms with Crippen molar-refractivity contribution in [2.75, 3.05) is 0 Å². The number of pyridine rings is 2. The summed E-state index contributed by atoms with van der Waals surface area (Å²) in [5.74, 6) is 0. The molecule has 1 radical (unpaired) electrons. The van der Waals surface area contributed by atoms with E-state index >= 15 is 0 Å². The smallest absolute Gasteiger partial charge is 0.0239 e. The number of benzene rings is 7. The third-order valence-electron chi connectivity index (χ3n) is 10.6. The maximum Gasteiger partial charge on any atom is 0.0239 e. The summed E-state index contributed by atoms with van der Waals surface area (Å²) >= 11 is 0. The van der Waals surface area contributed by atoms with Crippen molar-refractivity contribution in [3.63, 3.8) is 0 Å². The summed E-state index contributed by atoms with van der Waals surface area (Å²) in [4.78, 5) is 9.39. The van der Waals surface area contributed by atoms with Gasteiger partial charge in [-0.1, -0.05) is 127 Å². The fourth-order valence-corrected chi connectivity index (χ4v) is 7.68. The van der Waals surface area contributed by atoms with E-state index in [2.05, 4.69) is 196 Å². The maximum absolute atomic E-state index is 4.81. The topological polar surface area (TPSA) is 25.8 Å². The van der Waals surface area contributed by atoms with Gasteiger partial charge in [0.25, 0.3) is 0 Å². The van der Waals surface area contributed by atoms with Gasteiger partial charge in [0, 0.05) is 32.5 Å². The van der Waals surface area contributed by atoms with Crippen molar-refractivity contribution in [1.82, 2.24) is 9.97 Å². The zero-order chi connectivity index (χ0) is 39.8. The first-order chi connectivity index (χ1) is 28.4. The zero-order valence-corrected chi connectivity index (χ0v) is 36.1. The van der Waals surface area contributed by atoms with Crippen molar-refractivity contribution < 1.29 is 20.1 Å². The van der Waals surface area contributed by atoms with Gasteiger partial charge in [-0.3, -0.25) is 0 Å². The van der Waals surface area contributed by atoms with Gasteiger partial charge >= 0.3 is 0 Å². The maximum atomic E-state index is 4.81. The molecule has 0 saturated carbocycles. The summed E-state index contributed by atoms with van der Waals surface area (Å²) in [7, 11) is 0. The Balaban J connectivity index is 0.000000212. The second-order valence-corrected chi connectivity index (χ2v) is 14.7. The van der Waals surface area contributed by atoms with E-state index in [1.165, 1.54) is 66.8 Å². The average Bonchev–Trinajstić information content (AvgIpc) is 3.28. The molecule has 0 atom stereocenters. The summed E-state index contributed by atoms with van der Waals surface area (Å²) in [5, 5.41) is 0. The molecule has 9 rings (SSSR count). The van der Waals surface area contributed by atoms with Crippen molar-refractivity contribution in [3.8, 4) is 78.1 Å². The van der Waals surface area contributed by atoms with Crippen LogP contribution in [0.1, 0.15) is 22.3 Å². The van der Waals surface area contributed by atoms with Gasteiger partial charge in [-0.25, -0.2) is 0 Å². The monoisotopic (exact) mass is 937 g/mol. The van der Waals surface area contributed by atoms with Crippen LogP contribution in [0.4, 0.5) is 0 Å². The quantitative estimate of drug-likeness (QED) is 0.149. The Labute approximate surface area is 362 Å². The first-order valence-corrected chi connectivity index (χ1v) is 19.7. The van der Waals surface area contributed by atoms with Gasteiger partial charge in [-0.05, 0) is 124 Å². The van der Waals surface area contributed by atoms with Crippen LogP contribution in [0.3, 0.4) is 0 Å². The van der Waals surface area contributed by atoms with Gasteiger partial charge in [0.1, 0.15) is 0 Å². The van der Waals surface area contributed by atoms with Crippen LogP contribution in [0.2, 0.25) is 0 Å². The number of hydrogen-bond donors (Lipinski definition) is 0. The van der Waals surface area contributed by atoms with Crippen LogP contribution in [0.25, 0.3) is 78.1 Å². The minimum atomic E-state index is 0. The number of hydrogen-bond acceptors (Lipinski definition) is 2. The van der Waals surface area contributed by atoms with E-state index in [9.17, 15) is 0 Å². The summed E-state index contributed by atoms with van der Waals surface area (Å²) in [5.41, 5.74) is 21.0. The molecule has 0 N–H and O–H groups in total. The minimum absolute atomic E-state index is 0. The van der Waals surface area contributed by atoms with E-state index < -0.39 is 0 Å². The molecule has 0 spiro atoms. The molecule has 0 aliphatic heterocycles. The fraction of sp³-hybridized carbons (Fsp3) is 0.0714. The van der Waals surface area contributed by atoms with Crippen LogP contribution >= 0.6 is 0 Å². The molecule has 0 aliphatic carbocycles. The molecule has 59 heavy (non-hydrogen) atoms. The number of rotatable bonds is 7. The molecule has 0 fully saturated rings. The first-order valence-electron chi connectivity index (χ1n) is 19.7. The molecule has 3 heteroatoms. The number of aryl methyl sites for hydroxylation is 4. The standard InChI is InChI=1S/C37H28N.C19H16N.Ir/c1-26-10-6-11-27(2)37(26)35-20-21-36(38-25-35)34-19-9-18-33(24-34)32-17-8-16-31(23-32)30-15-7-14-29(22-30)28-12-4-3-5-13-28;1-14-7-6-8-15(2)19(14)17-11-12-18(20-13-17)16-9-4-3-5-10-16;/h3-18,20-25H,1-2H3;3-9,11-13H,1-2H3;/q2*-1;. The average molecular weight is 937 g/mol. The number of aromatic nitrogens is 2. The Morgan fingerprint density at radius 3 is 1.22 bits per heavy atom. The second kappa shape index (κ2) is 18.8. The molecule has 2 nitrogen and oxygen atoms in total. The molecule has 0 saturated heterocycles. The van der Waals surface area contributed by atoms with E-state index in [0.717, 1.165) is 33.6 Å². The third-order valence-corrected chi connectivity index (χ3v) is 10.6. The summed E-state index contributed by atoms with van der Waals surface area (Å²) in [6.45, 7) is 8.58. The Bertz CT molecular complexity index is 2750. The summed E-state index contributed by atoms with van der Waals surface area (Å²) in [6.07, 6.45) is 3.93. The molecule has 0 aliphatic rings. The summed E-state index contributed by atoms with van der Waals surface area (Å²) in [6, 6.07) is 70.1. The van der Waals surface area contributed by atoms with Gasteiger partial charge in [-0.15, -0.1) is 71.3 Å². The molecule has 0 bridgehead atoms. The molecular weight excluding hydrogens is 893 g/mol.